The predicted molar refractivity (Wildman–Crippen MR) is 83.0 cm³/mol. The number of thiophene rings is 1. The molecule has 3 unspecified atom stereocenters. The van der Waals surface area contributed by atoms with Gasteiger partial charge >= 0.3 is 5.97 Å². The lowest BCUT2D eigenvalue weighted by molar-refractivity contribution is -0.150. The van der Waals surface area contributed by atoms with Crippen molar-refractivity contribution in [3.8, 4) is 0 Å². The summed E-state index contributed by atoms with van der Waals surface area (Å²) in [6.07, 6.45) is 1.72. The molecule has 1 aliphatic rings. The molecule has 112 valence electrons. The zero-order valence-electron chi connectivity index (χ0n) is 12.8. The first-order chi connectivity index (χ1) is 9.34. The van der Waals surface area contributed by atoms with Gasteiger partial charge in [-0.2, -0.15) is 0 Å². The Morgan fingerprint density at radius 3 is 2.75 bits per heavy atom. The van der Waals surface area contributed by atoms with Crippen LogP contribution in [-0.4, -0.2) is 17.1 Å². The van der Waals surface area contributed by atoms with Crippen LogP contribution >= 0.6 is 11.3 Å². The topological polar surface area (TPSA) is 49.3 Å². The van der Waals surface area contributed by atoms with Crippen molar-refractivity contribution in [3.05, 3.63) is 21.9 Å². The highest BCUT2D eigenvalue weighted by molar-refractivity contribution is 7.10. The van der Waals surface area contributed by atoms with Crippen molar-refractivity contribution in [1.29, 1.82) is 0 Å². The zero-order valence-corrected chi connectivity index (χ0v) is 13.6. The van der Waals surface area contributed by atoms with E-state index in [1.807, 2.05) is 0 Å². The molecule has 2 N–H and O–H groups in total. The molecule has 0 radical (unpaired) electrons. The minimum absolute atomic E-state index is 0.160. The average Bonchev–Trinajstić information content (AvgIpc) is 2.76. The molecule has 0 aliphatic heterocycles. The van der Waals surface area contributed by atoms with Crippen LogP contribution < -0.4 is 5.32 Å². The lowest BCUT2D eigenvalue weighted by atomic mass is 9.61. The first kappa shape index (κ1) is 15.5. The highest BCUT2D eigenvalue weighted by Crippen LogP contribution is 2.45. The third kappa shape index (κ3) is 2.91. The fourth-order valence-corrected chi connectivity index (χ4v) is 4.19. The molecule has 0 spiro atoms. The number of nitrogens with one attached hydrogen (secondary N) is 1. The summed E-state index contributed by atoms with van der Waals surface area (Å²) < 4.78 is 0. The first-order valence-electron chi connectivity index (χ1n) is 7.33. The van der Waals surface area contributed by atoms with Gasteiger partial charge in [0.2, 0.25) is 0 Å². The molecule has 1 heterocycles. The molecule has 1 saturated carbocycles. The van der Waals surface area contributed by atoms with Gasteiger partial charge in [-0.15, -0.1) is 11.3 Å². The largest absolute Gasteiger partial charge is 0.481 e. The van der Waals surface area contributed by atoms with Gasteiger partial charge in [-0.1, -0.05) is 20.8 Å². The fraction of sp³-hybridized carbons (Fsp3) is 0.688. The van der Waals surface area contributed by atoms with Gasteiger partial charge < -0.3 is 10.4 Å². The van der Waals surface area contributed by atoms with Crippen molar-refractivity contribution in [3.63, 3.8) is 0 Å². The van der Waals surface area contributed by atoms with E-state index in [1.165, 1.54) is 10.4 Å². The Balaban J connectivity index is 2.01. The number of aryl methyl sites for hydroxylation is 1. The van der Waals surface area contributed by atoms with Gasteiger partial charge in [-0.05, 0) is 48.1 Å². The Kier molecular flexibility index (Phi) is 4.55. The van der Waals surface area contributed by atoms with E-state index < -0.39 is 5.97 Å². The van der Waals surface area contributed by atoms with Gasteiger partial charge in [0, 0.05) is 17.5 Å². The van der Waals surface area contributed by atoms with Crippen molar-refractivity contribution in [2.24, 2.45) is 17.3 Å². The maximum Gasteiger partial charge on any atom is 0.307 e. The fourth-order valence-electron chi connectivity index (χ4n) is 3.33. The molecular weight excluding hydrogens is 270 g/mol. The molecule has 0 aromatic carbocycles. The minimum Gasteiger partial charge on any atom is -0.481 e. The van der Waals surface area contributed by atoms with E-state index in [4.69, 9.17) is 0 Å². The highest BCUT2D eigenvalue weighted by atomic mass is 32.1. The Morgan fingerprint density at radius 1 is 1.50 bits per heavy atom. The van der Waals surface area contributed by atoms with E-state index in [1.54, 1.807) is 11.3 Å². The van der Waals surface area contributed by atoms with Crippen LogP contribution in [0, 0.1) is 24.2 Å². The molecule has 2 rings (SSSR count). The SMILES string of the molecule is Cc1ccsc1CNC1CCC(C(=O)O)C(C)(C)C1C. The summed E-state index contributed by atoms with van der Waals surface area (Å²) in [7, 11) is 0. The molecular formula is C16H25NO2S. The number of rotatable bonds is 4. The van der Waals surface area contributed by atoms with E-state index >= 15 is 0 Å². The number of carboxylic acids is 1. The van der Waals surface area contributed by atoms with Crippen molar-refractivity contribution in [2.75, 3.05) is 0 Å². The molecule has 1 aromatic rings. The molecule has 20 heavy (non-hydrogen) atoms. The second-order valence-corrected chi connectivity index (χ2v) is 7.59. The molecule has 0 saturated heterocycles. The minimum atomic E-state index is -0.644. The number of hydrogen-bond acceptors (Lipinski definition) is 3. The summed E-state index contributed by atoms with van der Waals surface area (Å²) in [4.78, 5) is 12.8. The van der Waals surface area contributed by atoms with Crippen molar-refractivity contribution >= 4 is 17.3 Å². The third-order valence-electron chi connectivity index (χ3n) is 5.23. The third-order valence-corrected chi connectivity index (χ3v) is 6.26. The summed E-state index contributed by atoms with van der Waals surface area (Å²) in [6, 6.07) is 2.55. The normalized spacial score (nSPS) is 29.3. The molecule has 3 nitrogen and oxygen atoms in total. The quantitative estimate of drug-likeness (QED) is 0.891. The first-order valence-corrected chi connectivity index (χ1v) is 8.21. The van der Waals surface area contributed by atoms with Crippen LogP contribution in [0.15, 0.2) is 11.4 Å². The van der Waals surface area contributed by atoms with Gasteiger partial charge in [0.1, 0.15) is 0 Å². The van der Waals surface area contributed by atoms with Crippen molar-refractivity contribution < 1.29 is 9.90 Å². The monoisotopic (exact) mass is 295 g/mol. The summed E-state index contributed by atoms with van der Waals surface area (Å²) in [5, 5.41) is 15.1. The van der Waals surface area contributed by atoms with E-state index in [2.05, 4.69) is 44.5 Å². The standard InChI is InChI=1S/C16H25NO2S/c1-10-7-8-20-14(10)9-17-13-6-5-12(15(18)19)16(3,4)11(13)2/h7-8,11-13,17H,5-6,9H2,1-4H3,(H,18,19). The molecule has 1 fully saturated rings. The number of hydrogen-bond donors (Lipinski definition) is 2. The molecule has 1 aliphatic carbocycles. The number of carboxylic acid groups (broad SMARTS) is 1. The van der Waals surface area contributed by atoms with Crippen LogP contribution in [0.3, 0.4) is 0 Å². The lowest BCUT2D eigenvalue weighted by Crippen LogP contribution is -2.50. The van der Waals surface area contributed by atoms with E-state index in [-0.39, 0.29) is 11.3 Å². The maximum atomic E-state index is 11.4. The average molecular weight is 295 g/mol. The Bertz CT molecular complexity index is 481. The summed E-state index contributed by atoms with van der Waals surface area (Å²) in [6.45, 7) is 9.42. The van der Waals surface area contributed by atoms with Crippen molar-refractivity contribution in [1.82, 2.24) is 5.32 Å². The predicted octanol–water partition coefficient (Wildman–Crippen LogP) is 3.67. The van der Waals surface area contributed by atoms with Crippen LogP contribution in [0.1, 0.15) is 44.1 Å². The highest BCUT2D eigenvalue weighted by Gasteiger charge is 2.45. The van der Waals surface area contributed by atoms with Gasteiger partial charge in [0.15, 0.2) is 0 Å². The van der Waals surface area contributed by atoms with Crippen LogP contribution in [-0.2, 0) is 11.3 Å². The Morgan fingerprint density at radius 2 is 2.20 bits per heavy atom. The lowest BCUT2D eigenvalue weighted by Gasteiger charge is -2.46. The van der Waals surface area contributed by atoms with Crippen molar-refractivity contribution in [2.45, 2.75) is 53.1 Å². The van der Waals surface area contributed by atoms with Crippen LogP contribution in [0.25, 0.3) is 0 Å². The van der Waals surface area contributed by atoms with Gasteiger partial charge in [-0.3, -0.25) is 4.79 Å². The van der Waals surface area contributed by atoms with E-state index in [9.17, 15) is 9.90 Å². The molecule has 0 amide bonds. The summed E-state index contributed by atoms with van der Waals surface area (Å²) >= 11 is 1.79. The number of aliphatic carboxylic acids is 1. The second-order valence-electron chi connectivity index (χ2n) is 6.59. The van der Waals surface area contributed by atoms with E-state index in [0.29, 0.717) is 12.0 Å². The Labute approximate surface area is 125 Å². The van der Waals surface area contributed by atoms with E-state index in [0.717, 1.165) is 19.4 Å². The van der Waals surface area contributed by atoms with Gasteiger partial charge in [0.25, 0.3) is 0 Å². The van der Waals surface area contributed by atoms with Gasteiger partial charge in [-0.25, -0.2) is 0 Å². The molecule has 1 aromatic heterocycles. The van der Waals surface area contributed by atoms with Gasteiger partial charge in [0.05, 0.1) is 5.92 Å². The number of carbonyl (C=O) groups is 1. The maximum absolute atomic E-state index is 11.4. The molecule has 4 heteroatoms. The molecule has 0 bridgehead atoms. The molecule has 3 atom stereocenters. The second kappa shape index (κ2) is 5.86. The summed E-state index contributed by atoms with van der Waals surface area (Å²) in [5.74, 6) is -0.508. The van der Waals surface area contributed by atoms with Crippen LogP contribution in [0.2, 0.25) is 0 Å². The summed E-state index contributed by atoms with van der Waals surface area (Å²) in [5.41, 5.74) is 1.18. The zero-order chi connectivity index (χ0) is 14.9. The Hall–Kier alpha value is -0.870. The van der Waals surface area contributed by atoms with Crippen LogP contribution in [0.5, 0.6) is 0 Å². The smallest absolute Gasteiger partial charge is 0.307 e. The van der Waals surface area contributed by atoms with Crippen LogP contribution in [0.4, 0.5) is 0 Å².